The molecule has 1 rings (SSSR count). The Morgan fingerprint density at radius 1 is 1.24 bits per heavy atom. The van der Waals surface area contributed by atoms with Crippen LogP contribution in [0.4, 0.5) is 5.82 Å². The summed E-state index contributed by atoms with van der Waals surface area (Å²) in [7, 11) is 0. The molecule has 0 aliphatic rings. The fraction of sp³-hybridized carbons (Fsp3) is 0.692. The monoisotopic (exact) mass is 236 g/mol. The molecule has 0 spiro atoms. The summed E-state index contributed by atoms with van der Waals surface area (Å²) in [6, 6.07) is 0.381. The van der Waals surface area contributed by atoms with Gasteiger partial charge in [0.05, 0.1) is 17.6 Å². The maximum Gasteiger partial charge on any atom is 0.145 e. The molecule has 1 aromatic heterocycles. The van der Waals surface area contributed by atoms with Crippen molar-refractivity contribution in [3.8, 4) is 0 Å². The van der Waals surface area contributed by atoms with E-state index in [0.717, 1.165) is 36.8 Å². The number of aryl methyl sites for hydroxylation is 2. The van der Waals surface area contributed by atoms with Crippen molar-refractivity contribution in [1.82, 2.24) is 14.9 Å². The molecule has 0 saturated carbocycles. The molecule has 1 atom stereocenters. The molecule has 0 fully saturated rings. The molecular formula is C13H24N4. The second kappa shape index (κ2) is 6.55. The van der Waals surface area contributed by atoms with Gasteiger partial charge in [0.15, 0.2) is 0 Å². The highest BCUT2D eigenvalue weighted by molar-refractivity contribution is 5.34. The summed E-state index contributed by atoms with van der Waals surface area (Å²) in [6.45, 7) is 13.7. The zero-order chi connectivity index (χ0) is 12.8. The maximum absolute atomic E-state index is 4.48. The average Bonchev–Trinajstić information content (AvgIpc) is 2.31. The lowest BCUT2D eigenvalue weighted by Crippen LogP contribution is -2.35. The molecule has 0 aliphatic carbocycles. The van der Waals surface area contributed by atoms with Crippen molar-refractivity contribution in [3.05, 3.63) is 17.6 Å². The van der Waals surface area contributed by atoms with Gasteiger partial charge in [0.1, 0.15) is 5.82 Å². The van der Waals surface area contributed by atoms with Gasteiger partial charge < -0.3 is 10.2 Å². The number of anilines is 1. The van der Waals surface area contributed by atoms with Crippen molar-refractivity contribution in [1.29, 1.82) is 0 Å². The highest BCUT2D eigenvalue weighted by Crippen LogP contribution is 2.07. The first-order chi connectivity index (χ1) is 8.06. The molecule has 1 aromatic rings. The second-order valence-electron chi connectivity index (χ2n) is 4.46. The number of hydrogen-bond donors (Lipinski definition) is 1. The van der Waals surface area contributed by atoms with Gasteiger partial charge in [-0.25, -0.2) is 4.98 Å². The van der Waals surface area contributed by atoms with Crippen molar-refractivity contribution >= 4 is 5.82 Å². The number of nitrogens with one attached hydrogen (secondary N) is 1. The van der Waals surface area contributed by atoms with Crippen molar-refractivity contribution < 1.29 is 0 Å². The average molecular weight is 236 g/mol. The molecular weight excluding hydrogens is 212 g/mol. The zero-order valence-corrected chi connectivity index (χ0v) is 11.6. The fourth-order valence-electron chi connectivity index (χ4n) is 1.78. The Kier molecular flexibility index (Phi) is 5.35. The van der Waals surface area contributed by atoms with E-state index in [1.807, 2.05) is 13.8 Å². The van der Waals surface area contributed by atoms with Gasteiger partial charge in [-0.2, -0.15) is 0 Å². The van der Waals surface area contributed by atoms with Crippen LogP contribution in [0.5, 0.6) is 0 Å². The van der Waals surface area contributed by atoms with E-state index in [4.69, 9.17) is 0 Å². The minimum atomic E-state index is 0.381. The van der Waals surface area contributed by atoms with Crippen LogP contribution in [0.25, 0.3) is 0 Å². The van der Waals surface area contributed by atoms with Crippen LogP contribution in [0.2, 0.25) is 0 Å². The first-order valence-electron chi connectivity index (χ1n) is 6.35. The summed E-state index contributed by atoms with van der Waals surface area (Å²) >= 11 is 0. The largest absolute Gasteiger partial charge is 0.365 e. The molecule has 1 N–H and O–H groups in total. The normalized spacial score (nSPS) is 12.8. The lowest BCUT2D eigenvalue weighted by Gasteiger charge is -2.23. The van der Waals surface area contributed by atoms with Crippen LogP contribution in [0.3, 0.4) is 0 Å². The smallest absolute Gasteiger partial charge is 0.145 e. The summed E-state index contributed by atoms with van der Waals surface area (Å²) in [4.78, 5) is 11.2. The van der Waals surface area contributed by atoms with Crippen LogP contribution >= 0.6 is 0 Å². The van der Waals surface area contributed by atoms with E-state index in [1.165, 1.54) is 0 Å². The predicted molar refractivity (Wildman–Crippen MR) is 72.4 cm³/mol. The second-order valence-corrected chi connectivity index (χ2v) is 4.46. The van der Waals surface area contributed by atoms with E-state index in [-0.39, 0.29) is 0 Å². The molecule has 0 saturated heterocycles. The van der Waals surface area contributed by atoms with E-state index in [2.05, 4.69) is 41.0 Å². The molecule has 0 aromatic carbocycles. The van der Waals surface area contributed by atoms with E-state index in [0.29, 0.717) is 6.04 Å². The summed E-state index contributed by atoms with van der Waals surface area (Å²) in [5, 5.41) is 3.39. The molecule has 4 heteroatoms. The Labute approximate surface area is 104 Å². The molecule has 1 heterocycles. The Balaban J connectivity index is 2.55. The Hall–Kier alpha value is -1.16. The van der Waals surface area contributed by atoms with E-state index < -0.39 is 0 Å². The molecule has 0 amide bonds. The Morgan fingerprint density at radius 2 is 1.88 bits per heavy atom. The van der Waals surface area contributed by atoms with Crippen molar-refractivity contribution in [2.45, 2.75) is 40.7 Å². The first kappa shape index (κ1) is 13.9. The fourth-order valence-corrected chi connectivity index (χ4v) is 1.78. The SMILES string of the molecule is CCN(CC)CC(C)Nc1cnc(C)c(C)n1. The van der Waals surface area contributed by atoms with Crippen molar-refractivity contribution in [2.75, 3.05) is 25.0 Å². The van der Waals surface area contributed by atoms with Crippen LogP contribution in [0.15, 0.2) is 6.20 Å². The van der Waals surface area contributed by atoms with Gasteiger partial charge >= 0.3 is 0 Å². The van der Waals surface area contributed by atoms with Crippen molar-refractivity contribution in [2.24, 2.45) is 0 Å². The minimum Gasteiger partial charge on any atom is -0.365 e. The number of rotatable bonds is 6. The number of nitrogens with zero attached hydrogens (tertiary/aromatic N) is 3. The third kappa shape index (κ3) is 4.30. The lowest BCUT2D eigenvalue weighted by molar-refractivity contribution is 0.294. The van der Waals surface area contributed by atoms with Gasteiger partial charge in [-0.3, -0.25) is 4.98 Å². The number of likely N-dealkylation sites (N-methyl/N-ethyl adjacent to an activating group) is 1. The third-order valence-electron chi connectivity index (χ3n) is 3.01. The van der Waals surface area contributed by atoms with Crippen molar-refractivity contribution in [3.63, 3.8) is 0 Å². The summed E-state index contributed by atoms with van der Waals surface area (Å²) in [6.07, 6.45) is 1.81. The zero-order valence-electron chi connectivity index (χ0n) is 11.6. The van der Waals surface area contributed by atoms with Crippen LogP contribution in [-0.2, 0) is 0 Å². The Morgan fingerprint density at radius 3 is 2.41 bits per heavy atom. The highest BCUT2D eigenvalue weighted by Gasteiger charge is 2.08. The standard InChI is InChI=1S/C13H24N4/c1-6-17(7-2)9-10(3)15-13-8-14-11(4)12(5)16-13/h8,10H,6-7,9H2,1-5H3,(H,15,16). The summed E-state index contributed by atoms with van der Waals surface area (Å²) in [5.74, 6) is 0.868. The van der Waals surface area contributed by atoms with E-state index in [9.17, 15) is 0 Å². The third-order valence-corrected chi connectivity index (χ3v) is 3.01. The van der Waals surface area contributed by atoms with Crippen LogP contribution in [0.1, 0.15) is 32.2 Å². The lowest BCUT2D eigenvalue weighted by atomic mass is 10.3. The topological polar surface area (TPSA) is 41.0 Å². The van der Waals surface area contributed by atoms with E-state index >= 15 is 0 Å². The van der Waals surface area contributed by atoms with Gasteiger partial charge in [-0.1, -0.05) is 13.8 Å². The summed E-state index contributed by atoms with van der Waals surface area (Å²) < 4.78 is 0. The Bertz CT molecular complexity index is 347. The first-order valence-corrected chi connectivity index (χ1v) is 6.35. The van der Waals surface area contributed by atoms with Crippen LogP contribution in [-0.4, -0.2) is 40.5 Å². The minimum absolute atomic E-state index is 0.381. The molecule has 0 radical (unpaired) electrons. The molecule has 1 unspecified atom stereocenters. The molecule has 4 nitrogen and oxygen atoms in total. The predicted octanol–water partition coefficient (Wildman–Crippen LogP) is 2.24. The van der Waals surface area contributed by atoms with Crippen LogP contribution < -0.4 is 5.32 Å². The van der Waals surface area contributed by atoms with Gasteiger partial charge in [0.25, 0.3) is 0 Å². The summed E-state index contributed by atoms with van der Waals surface area (Å²) in [5.41, 5.74) is 1.98. The number of aromatic nitrogens is 2. The number of hydrogen-bond acceptors (Lipinski definition) is 4. The van der Waals surface area contributed by atoms with E-state index in [1.54, 1.807) is 6.20 Å². The molecule has 0 bridgehead atoms. The maximum atomic E-state index is 4.48. The molecule has 96 valence electrons. The van der Waals surface area contributed by atoms with Gasteiger partial charge in [0.2, 0.25) is 0 Å². The van der Waals surface area contributed by atoms with Gasteiger partial charge in [-0.15, -0.1) is 0 Å². The highest BCUT2D eigenvalue weighted by atomic mass is 15.2. The van der Waals surface area contributed by atoms with Crippen LogP contribution in [0, 0.1) is 13.8 Å². The molecule has 17 heavy (non-hydrogen) atoms. The van der Waals surface area contributed by atoms with Gasteiger partial charge in [0, 0.05) is 12.6 Å². The van der Waals surface area contributed by atoms with Gasteiger partial charge in [-0.05, 0) is 33.9 Å². The quantitative estimate of drug-likeness (QED) is 0.822. The molecule has 0 aliphatic heterocycles.